The lowest BCUT2D eigenvalue weighted by Gasteiger charge is -2.24. The van der Waals surface area contributed by atoms with Gasteiger partial charge in [-0.05, 0) is 68.9 Å². The minimum Gasteiger partial charge on any atom is -0.493 e. The number of thiazole rings is 1. The zero-order valence-electron chi connectivity index (χ0n) is 17.2. The van der Waals surface area contributed by atoms with Crippen molar-refractivity contribution in [1.82, 2.24) is 9.88 Å². The molecule has 1 unspecified atom stereocenters. The van der Waals surface area contributed by atoms with Crippen LogP contribution in [0.25, 0.3) is 10.2 Å². The van der Waals surface area contributed by atoms with Gasteiger partial charge in [0, 0.05) is 12.1 Å². The number of hydrogen-bond donors (Lipinski definition) is 0. The number of aromatic nitrogens is 1. The fourth-order valence-electron chi connectivity index (χ4n) is 4.55. The van der Waals surface area contributed by atoms with E-state index in [9.17, 15) is 4.79 Å². The van der Waals surface area contributed by atoms with Crippen molar-refractivity contribution in [3.8, 4) is 11.5 Å². The highest BCUT2D eigenvalue weighted by molar-refractivity contribution is 7.18. The topological polar surface area (TPSA) is 51.7 Å². The summed E-state index contributed by atoms with van der Waals surface area (Å²) in [5, 5.41) is 1.02. The van der Waals surface area contributed by atoms with Crippen LogP contribution in [0.1, 0.15) is 59.9 Å². The molecule has 0 bridgehead atoms. The molecule has 5 nitrogen and oxygen atoms in total. The van der Waals surface area contributed by atoms with E-state index in [4.69, 9.17) is 14.5 Å². The molecule has 5 rings (SSSR count). The van der Waals surface area contributed by atoms with Crippen LogP contribution in [0.15, 0.2) is 42.5 Å². The summed E-state index contributed by atoms with van der Waals surface area (Å²) in [6.07, 6.45) is 6.79. The van der Waals surface area contributed by atoms with E-state index in [0.717, 1.165) is 48.5 Å². The summed E-state index contributed by atoms with van der Waals surface area (Å²) in [6, 6.07) is 13.8. The van der Waals surface area contributed by atoms with Gasteiger partial charge in [0.15, 0.2) is 11.5 Å². The molecule has 1 saturated carbocycles. The van der Waals surface area contributed by atoms with Crippen LogP contribution in [0, 0.1) is 0 Å². The molecule has 1 atom stereocenters. The van der Waals surface area contributed by atoms with Crippen molar-refractivity contribution in [1.29, 1.82) is 0 Å². The quantitative estimate of drug-likeness (QED) is 0.537. The van der Waals surface area contributed by atoms with Crippen molar-refractivity contribution >= 4 is 27.5 Å². The second-order valence-corrected chi connectivity index (χ2v) is 9.13. The molecule has 156 valence electrons. The standard InChI is InChI=1S/C24H26N2O3S/c1-28-21-15-16(12-13-20(21)29-17-7-2-3-8-17)24(27)26-14-6-10-19(26)23-25-18-9-4-5-11-22(18)30-23/h4-5,9,11-13,15,17,19H,2-3,6-8,10,14H2,1H3. The highest BCUT2D eigenvalue weighted by Crippen LogP contribution is 2.38. The van der Waals surface area contributed by atoms with Crippen LogP contribution in [0.5, 0.6) is 11.5 Å². The van der Waals surface area contributed by atoms with E-state index < -0.39 is 0 Å². The maximum atomic E-state index is 13.4. The summed E-state index contributed by atoms with van der Waals surface area (Å²) in [5.74, 6) is 1.39. The summed E-state index contributed by atoms with van der Waals surface area (Å²) in [4.78, 5) is 20.1. The number of methoxy groups -OCH3 is 1. The van der Waals surface area contributed by atoms with E-state index in [2.05, 4.69) is 6.07 Å². The first-order valence-electron chi connectivity index (χ1n) is 10.7. The number of fused-ring (bicyclic) bond motifs is 1. The second kappa shape index (κ2) is 8.26. The lowest BCUT2D eigenvalue weighted by Crippen LogP contribution is -2.30. The van der Waals surface area contributed by atoms with Crippen LogP contribution < -0.4 is 9.47 Å². The molecule has 0 N–H and O–H groups in total. The van der Waals surface area contributed by atoms with Gasteiger partial charge in [-0.1, -0.05) is 12.1 Å². The van der Waals surface area contributed by atoms with Gasteiger partial charge in [-0.2, -0.15) is 0 Å². The fraction of sp³-hybridized carbons (Fsp3) is 0.417. The SMILES string of the molecule is COc1cc(C(=O)N2CCCC2c2nc3ccccc3s2)ccc1OC1CCCC1. The van der Waals surface area contributed by atoms with E-state index in [1.54, 1.807) is 18.4 Å². The van der Waals surface area contributed by atoms with Crippen LogP contribution in [0.4, 0.5) is 0 Å². The van der Waals surface area contributed by atoms with Crippen molar-refractivity contribution < 1.29 is 14.3 Å². The number of para-hydroxylation sites is 1. The maximum Gasteiger partial charge on any atom is 0.254 e. The number of hydrogen-bond acceptors (Lipinski definition) is 5. The van der Waals surface area contributed by atoms with Crippen molar-refractivity contribution in [2.24, 2.45) is 0 Å². The fourth-order valence-corrected chi connectivity index (χ4v) is 5.66. The minimum atomic E-state index is 0.0301. The van der Waals surface area contributed by atoms with Crippen LogP contribution in [-0.2, 0) is 0 Å². The summed E-state index contributed by atoms with van der Waals surface area (Å²) in [6.45, 7) is 0.752. The van der Waals surface area contributed by atoms with E-state index in [1.807, 2.05) is 41.3 Å². The van der Waals surface area contributed by atoms with Crippen LogP contribution in [-0.4, -0.2) is 35.5 Å². The molecule has 2 heterocycles. The summed E-state index contributed by atoms with van der Waals surface area (Å²) >= 11 is 1.69. The van der Waals surface area contributed by atoms with E-state index in [-0.39, 0.29) is 18.1 Å². The lowest BCUT2D eigenvalue weighted by atomic mass is 10.1. The first kappa shape index (κ1) is 19.4. The lowest BCUT2D eigenvalue weighted by molar-refractivity contribution is 0.0735. The molecule has 6 heteroatoms. The van der Waals surface area contributed by atoms with Crippen molar-refractivity contribution in [3.63, 3.8) is 0 Å². The minimum absolute atomic E-state index is 0.0301. The van der Waals surface area contributed by atoms with Gasteiger partial charge in [0.2, 0.25) is 0 Å². The highest BCUT2D eigenvalue weighted by Gasteiger charge is 2.33. The normalized spacial score (nSPS) is 19.5. The zero-order valence-corrected chi connectivity index (χ0v) is 18.0. The Labute approximate surface area is 180 Å². The summed E-state index contributed by atoms with van der Waals surface area (Å²) in [7, 11) is 1.63. The van der Waals surface area contributed by atoms with Crippen molar-refractivity contribution in [2.45, 2.75) is 50.7 Å². The van der Waals surface area contributed by atoms with Gasteiger partial charge in [-0.3, -0.25) is 4.79 Å². The third kappa shape index (κ3) is 3.65. The van der Waals surface area contributed by atoms with Gasteiger partial charge >= 0.3 is 0 Å². The molecule has 1 aliphatic heterocycles. The van der Waals surface area contributed by atoms with Crippen LogP contribution in [0.3, 0.4) is 0 Å². The largest absolute Gasteiger partial charge is 0.493 e. The Hall–Kier alpha value is -2.60. The molecular weight excluding hydrogens is 396 g/mol. The van der Waals surface area contributed by atoms with Crippen molar-refractivity contribution in [2.75, 3.05) is 13.7 Å². The number of amides is 1. The number of nitrogens with zero attached hydrogens (tertiary/aromatic N) is 2. The average molecular weight is 423 g/mol. The molecule has 0 radical (unpaired) electrons. The van der Waals surface area contributed by atoms with E-state index in [1.165, 1.54) is 17.5 Å². The predicted molar refractivity (Wildman–Crippen MR) is 119 cm³/mol. The molecule has 1 amide bonds. The zero-order chi connectivity index (χ0) is 20.5. The monoisotopic (exact) mass is 422 g/mol. The van der Waals surface area contributed by atoms with Gasteiger partial charge in [0.05, 0.1) is 29.5 Å². The van der Waals surface area contributed by atoms with E-state index in [0.29, 0.717) is 11.3 Å². The molecule has 1 aromatic heterocycles. The predicted octanol–water partition coefficient (Wildman–Crippen LogP) is 5.60. The number of carbonyl (C=O) groups is 1. The smallest absolute Gasteiger partial charge is 0.254 e. The summed E-state index contributed by atoms with van der Waals surface area (Å²) < 4.78 is 12.8. The molecule has 1 saturated heterocycles. The highest BCUT2D eigenvalue weighted by atomic mass is 32.1. The third-order valence-electron chi connectivity index (χ3n) is 6.12. The van der Waals surface area contributed by atoms with Gasteiger partial charge < -0.3 is 14.4 Å². The molecule has 2 aromatic carbocycles. The molecule has 0 spiro atoms. The Kier molecular flexibility index (Phi) is 5.34. The number of rotatable bonds is 5. The molecule has 1 aliphatic carbocycles. The van der Waals surface area contributed by atoms with Gasteiger partial charge in [-0.25, -0.2) is 4.98 Å². The molecular formula is C24H26N2O3S. The molecule has 3 aromatic rings. The van der Waals surface area contributed by atoms with Crippen molar-refractivity contribution in [3.05, 3.63) is 53.0 Å². The number of ether oxygens (including phenoxy) is 2. The van der Waals surface area contributed by atoms with Crippen LogP contribution >= 0.6 is 11.3 Å². The van der Waals surface area contributed by atoms with E-state index >= 15 is 0 Å². The van der Waals surface area contributed by atoms with Gasteiger partial charge in [0.25, 0.3) is 5.91 Å². The Morgan fingerprint density at radius 3 is 2.70 bits per heavy atom. The Bertz CT molecular complexity index is 1020. The Morgan fingerprint density at radius 2 is 1.90 bits per heavy atom. The Balaban J connectivity index is 1.38. The molecule has 2 fully saturated rings. The average Bonchev–Trinajstić information content (AvgIpc) is 3.53. The van der Waals surface area contributed by atoms with Gasteiger partial charge in [-0.15, -0.1) is 11.3 Å². The maximum absolute atomic E-state index is 13.4. The summed E-state index contributed by atoms with van der Waals surface area (Å²) in [5.41, 5.74) is 1.64. The second-order valence-electron chi connectivity index (χ2n) is 8.07. The third-order valence-corrected chi connectivity index (χ3v) is 7.25. The number of carbonyl (C=O) groups excluding carboxylic acids is 1. The number of benzene rings is 2. The molecule has 2 aliphatic rings. The Morgan fingerprint density at radius 1 is 1.07 bits per heavy atom. The molecule has 30 heavy (non-hydrogen) atoms. The first-order chi connectivity index (χ1) is 14.7. The number of likely N-dealkylation sites (tertiary alicyclic amines) is 1. The van der Waals surface area contributed by atoms with Crippen LogP contribution in [0.2, 0.25) is 0 Å². The van der Waals surface area contributed by atoms with Gasteiger partial charge in [0.1, 0.15) is 5.01 Å². The first-order valence-corrected chi connectivity index (χ1v) is 11.6.